The molecule has 0 radical (unpaired) electrons. The van der Waals surface area contributed by atoms with Crippen LogP contribution in [0.4, 0.5) is 0 Å². The first-order valence-electron chi connectivity index (χ1n) is 9.15. The molecular weight excluding hydrogens is 356 g/mol. The van der Waals surface area contributed by atoms with Gasteiger partial charge in [-0.3, -0.25) is 4.79 Å². The van der Waals surface area contributed by atoms with Crippen molar-refractivity contribution in [3.63, 3.8) is 0 Å². The number of aryl methyl sites for hydroxylation is 3. The standard InChI is InChI=1S/C22H24N2O4/c1-15-6-4-8-19(12-15)26-11-10-23-22(25)18-7-5-9-20(13-18)27-14-21-16(2)24-28-17(21)3/h4-9,12-13H,10-11,14H2,1-3H3,(H,23,25). The van der Waals surface area contributed by atoms with E-state index in [2.05, 4.69) is 10.5 Å². The number of rotatable bonds is 8. The lowest BCUT2D eigenvalue weighted by Gasteiger charge is -2.10. The van der Waals surface area contributed by atoms with Crippen LogP contribution in [0.5, 0.6) is 11.5 Å². The number of benzene rings is 2. The minimum Gasteiger partial charge on any atom is -0.492 e. The largest absolute Gasteiger partial charge is 0.492 e. The van der Waals surface area contributed by atoms with E-state index in [-0.39, 0.29) is 5.91 Å². The maximum Gasteiger partial charge on any atom is 0.251 e. The molecule has 0 saturated heterocycles. The lowest BCUT2D eigenvalue weighted by atomic mass is 10.2. The Morgan fingerprint density at radius 1 is 1.04 bits per heavy atom. The molecule has 28 heavy (non-hydrogen) atoms. The fourth-order valence-corrected chi connectivity index (χ4v) is 2.73. The van der Waals surface area contributed by atoms with Crippen LogP contribution in [0.3, 0.4) is 0 Å². The predicted molar refractivity (Wildman–Crippen MR) is 106 cm³/mol. The number of hydrogen-bond donors (Lipinski definition) is 1. The number of nitrogens with zero attached hydrogens (tertiary/aromatic N) is 1. The van der Waals surface area contributed by atoms with Gasteiger partial charge in [-0.25, -0.2) is 0 Å². The van der Waals surface area contributed by atoms with Gasteiger partial charge in [0.05, 0.1) is 17.8 Å². The van der Waals surface area contributed by atoms with Crippen LogP contribution >= 0.6 is 0 Å². The average Bonchev–Trinajstić information content (AvgIpc) is 3.01. The summed E-state index contributed by atoms with van der Waals surface area (Å²) in [4.78, 5) is 12.4. The van der Waals surface area contributed by atoms with E-state index < -0.39 is 0 Å². The summed E-state index contributed by atoms with van der Waals surface area (Å²) in [6, 6.07) is 14.9. The minimum absolute atomic E-state index is 0.171. The topological polar surface area (TPSA) is 73.6 Å². The molecule has 1 amide bonds. The molecule has 0 fully saturated rings. The molecule has 3 rings (SSSR count). The number of carbonyl (C=O) groups is 1. The van der Waals surface area contributed by atoms with Crippen molar-refractivity contribution in [1.29, 1.82) is 0 Å². The summed E-state index contributed by atoms with van der Waals surface area (Å²) in [5.74, 6) is 1.98. The lowest BCUT2D eigenvalue weighted by molar-refractivity contribution is 0.0946. The van der Waals surface area contributed by atoms with E-state index in [4.69, 9.17) is 14.0 Å². The van der Waals surface area contributed by atoms with E-state index >= 15 is 0 Å². The van der Waals surface area contributed by atoms with Gasteiger partial charge in [-0.05, 0) is 56.7 Å². The summed E-state index contributed by atoms with van der Waals surface area (Å²) in [7, 11) is 0. The second-order valence-electron chi connectivity index (χ2n) is 6.54. The molecule has 0 aliphatic carbocycles. The molecule has 0 saturated carbocycles. The van der Waals surface area contributed by atoms with Crippen molar-refractivity contribution < 1.29 is 18.8 Å². The Hall–Kier alpha value is -3.28. The quantitative estimate of drug-likeness (QED) is 0.598. The average molecular weight is 380 g/mol. The van der Waals surface area contributed by atoms with Crippen LogP contribution in [0.15, 0.2) is 53.1 Å². The van der Waals surface area contributed by atoms with Gasteiger partial charge in [-0.1, -0.05) is 23.4 Å². The summed E-state index contributed by atoms with van der Waals surface area (Å²) in [5.41, 5.74) is 3.39. The summed E-state index contributed by atoms with van der Waals surface area (Å²) in [5, 5.41) is 6.77. The molecule has 0 aliphatic heterocycles. The summed E-state index contributed by atoms with van der Waals surface area (Å²) >= 11 is 0. The number of carbonyl (C=O) groups excluding carboxylic acids is 1. The molecule has 2 aromatic carbocycles. The van der Waals surface area contributed by atoms with Crippen LogP contribution in [-0.2, 0) is 6.61 Å². The molecule has 1 heterocycles. The van der Waals surface area contributed by atoms with Crippen molar-refractivity contribution in [2.24, 2.45) is 0 Å². The van der Waals surface area contributed by atoms with Gasteiger partial charge in [0.15, 0.2) is 0 Å². The lowest BCUT2D eigenvalue weighted by Crippen LogP contribution is -2.28. The maximum absolute atomic E-state index is 12.4. The Balaban J connectivity index is 1.49. The zero-order chi connectivity index (χ0) is 19.9. The summed E-state index contributed by atoms with van der Waals surface area (Å²) in [6.07, 6.45) is 0. The molecule has 3 aromatic rings. The number of aromatic nitrogens is 1. The van der Waals surface area contributed by atoms with Gasteiger partial charge in [-0.2, -0.15) is 0 Å². The van der Waals surface area contributed by atoms with Gasteiger partial charge in [0.1, 0.15) is 30.5 Å². The van der Waals surface area contributed by atoms with E-state index in [0.717, 1.165) is 28.3 Å². The predicted octanol–water partition coefficient (Wildman–Crippen LogP) is 3.99. The van der Waals surface area contributed by atoms with Crippen molar-refractivity contribution in [2.45, 2.75) is 27.4 Å². The Bertz CT molecular complexity index is 930. The monoisotopic (exact) mass is 380 g/mol. The van der Waals surface area contributed by atoms with E-state index in [1.165, 1.54) is 0 Å². The van der Waals surface area contributed by atoms with Crippen LogP contribution in [0.1, 0.15) is 32.9 Å². The van der Waals surface area contributed by atoms with Crippen LogP contribution < -0.4 is 14.8 Å². The third-order valence-corrected chi connectivity index (χ3v) is 4.31. The number of hydrogen-bond acceptors (Lipinski definition) is 5. The zero-order valence-electron chi connectivity index (χ0n) is 16.3. The molecule has 6 nitrogen and oxygen atoms in total. The highest BCUT2D eigenvalue weighted by molar-refractivity contribution is 5.94. The molecule has 6 heteroatoms. The fraction of sp³-hybridized carbons (Fsp3) is 0.273. The van der Waals surface area contributed by atoms with Crippen molar-refractivity contribution in [1.82, 2.24) is 10.5 Å². The molecular formula is C22H24N2O4. The van der Waals surface area contributed by atoms with Crippen molar-refractivity contribution >= 4 is 5.91 Å². The summed E-state index contributed by atoms with van der Waals surface area (Å²) < 4.78 is 16.6. The van der Waals surface area contributed by atoms with Crippen LogP contribution in [0.2, 0.25) is 0 Å². The van der Waals surface area contributed by atoms with E-state index in [9.17, 15) is 4.79 Å². The smallest absolute Gasteiger partial charge is 0.251 e. The van der Waals surface area contributed by atoms with E-state index in [1.807, 2.05) is 51.1 Å². The van der Waals surface area contributed by atoms with Gasteiger partial charge >= 0.3 is 0 Å². The molecule has 0 unspecified atom stereocenters. The first-order chi connectivity index (χ1) is 13.5. The van der Waals surface area contributed by atoms with Crippen LogP contribution in [-0.4, -0.2) is 24.2 Å². The molecule has 0 spiro atoms. The van der Waals surface area contributed by atoms with E-state index in [0.29, 0.717) is 31.1 Å². The summed E-state index contributed by atoms with van der Waals surface area (Å²) in [6.45, 7) is 6.89. The molecule has 0 atom stereocenters. The van der Waals surface area contributed by atoms with Gasteiger partial charge in [-0.15, -0.1) is 0 Å². The second kappa shape index (κ2) is 9.08. The molecule has 146 valence electrons. The van der Waals surface area contributed by atoms with Gasteiger partial charge in [0.2, 0.25) is 0 Å². The third kappa shape index (κ3) is 5.13. The molecule has 1 aromatic heterocycles. The van der Waals surface area contributed by atoms with Gasteiger partial charge in [0.25, 0.3) is 5.91 Å². The van der Waals surface area contributed by atoms with Crippen molar-refractivity contribution in [2.75, 3.05) is 13.2 Å². The normalized spacial score (nSPS) is 10.5. The number of amides is 1. The number of ether oxygens (including phenoxy) is 2. The first kappa shape index (κ1) is 19.5. The molecule has 0 aliphatic rings. The maximum atomic E-state index is 12.4. The number of nitrogens with one attached hydrogen (secondary N) is 1. The minimum atomic E-state index is -0.171. The highest BCUT2D eigenvalue weighted by Crippen LogP contribution is 2.18. The molecule has 1 N–H and O–H groups in total. The Kier molecular flexibility index (Phi) is 6.32. The zero-order valence-corrected chi connectivity index (χ0v) is 16.3. The van der Waals surface area contributed by atoms with Gasteiger partial charge < -0.3 is 19.3 Å². The van der Waals surface area contributed by atoms with Crippen molar-refractivity contribution in [3.05, 3.63) is 76.7 Å². The SMILES string of the molecule is Cc1cccc(OCCNC(=O)c2cccc(OCc3c(C)noc3C)c2)c1. The van der Waals surface area contributed by atoms with Crippen LogP contribution in [0.25, 0.3) is 0 Å². The first-order valence-corrected chi connectivity index (χ1v) is 9.15. The van der Waals surface area contributed by atoms with E-state index in [1.54, 1.807) is 18.2 Å². The Morgan fingerprint density at radius 3 is 2.50 bits per heavy atom. The Morgan fingerprint density at radius 2 is 1.79 bits per heavy atom. The highest BCUT2D eigenvalue weighted by Gasteiger charge is 2.11. The fourth-order valence-electron chi connectivity index (χ4n) is 2.73. The van der Waals surface area contributed by atoms with Crippen LogP contribution in [0, 0.1) is 20.8 Å². The second-order valence-corrected chi connectivity index (χ2v) is 6.54. The van der Waals surface area contributed by atoms with Gasteiger partial charge in [0, 0.05) is 5.56 Å². The molecule has 0 bridgehead atoms. The van der Waals surface area contributed by atoms with Crippen molar-refractivity contribution in [3.8, 4) is 11.5 Å². The highest BCUT2D eigenvalue weighted by atomic mass is 16.5. The third-order valence-electron chi connectivity index (χ3n) is 4.31. The Labute approximate surface area is 164 Å².